The largest absolute Gasteiger partial charge is 0.435 e. The van der Waals surface area contributed by atoms with Crippen molar-refractivity contribution in [3.63, 3.8) is 0 Å². The van der Waals surface area contributed by atoms with Crippen molar-refractivity contribution in [3.05, 3.63) is 59.4 Å². The average Bonchev–Trinajstić information content (AvgIpc) is 3.17. The van der Waals surface area contributed by atoms with Crippen LogP contribution in [0.3, 0.4) is 0 Å². The van der Waals surface area contributed by atoms with Crippen molar-refractivity contribution < 1.29 is 22.8 Å². The number of nitrogens with one attached hydrogen (secondary N) is 2. The smallest absolute Gasteiger partial charge is 0.350 e. The predicted molar refractivity (Wildman–Crippen MR) is 105 cm³/mol. The Morgan fingerprint density at radius 1 is 1.27 bits per heavy atom. The maximum Gasteiger partial charge on any atom is 0.435 e. The number of aromatic nitrogens is 2. The lowest BCUT2D eigenvalue weighted by atomic mass is 10.2. The van der Waals surface area contributed by atoms with Gasteiger partial charge in [-0.3, -0.25) is 9.59 Å². The van der Waals surface area contributed by atoms with Crippen molar-refractivity contribution in [2.24, 2.45) is 0 Å². The van der Waals surface area contributed by atoms with E-state index in [1.807, 2.05) is 0 Å². The van der Waals surface area contributed by atoms with Crippen LogP contribution in [0.4, 0.5) is 24.8 Å². The van der Waals surface area contributed by atoms with Crippen LogP contribution in [-0.2, 0) is 11.0 Å². The molecule has 30 heavy (non-hydrogen) atoms. The van der Waals surface area contributed by atoms with Crippen LogP contribution in [0.15, 0.2) is 43.1 Å². The van der Waals surface area contributed by atoms with Gasteiger partial charge in [-0.25, -0.2) is 9.97 Å². The summed E-state index contributed by atoms with van der Waals surface area (Å²) in [6, 6.07) is 6.06. The molecule has 1 fully saturated rings. The third-order valence-corrected chi connectivity index (χ3v) is 4.68. The quantitative estimate of drug-likeness (QED) is 0.695. The lowest BCUT2D eigenvalue weighted by Gasteiger charge is -2.18. The number of alkyl halides is 3. The molecule has 1 aromatic heterocycles. The number of likely N-dealkylation sites (tertiary alicyclic amines) is 1. The third kappa shape index (κ3) is 5.07. The molecule has 2 heterocycles. The van der Waals surface area contributed by atoms with Crippen LogP contribution in [0.2, 0.25) is 5.02 Å². The van der Waals surface area contributed by atoms with Gasteiger partial charge in [-0.2, -0.15) is 13.2 Å². The Morgan fingerprint density at radius 2 is 1.97 bits per heavy atom. The first-order valence-electron chi connectivity index (χ1n) is 8.86. The van der Waals surface area contributed by atoms with Gasteiger partial charge in [-0.15, -0.1) is 0 Å². The molecule has 0 aliphatic carbocycles. The van der Waals surface area contributed by atoms with Crippen molar-refractivity contribution in [2.75, 3.05) is 23.7 Å². The van der Waals surface area contributed by atoms with Crippen molar-refractivity contribution >= 4 is 35.1 Å². The van der Waals surface area contributed by atoms with E-state index in [0.29, 0.717) is 24.2 Å². The monoisotopic (exact) mass is 439 g/mol. The van der Waals surface area contributed by atoms with E-state index < -0.39 is 16.9 Å². The molecule has 2 N–H and O–H groups in total. The van der Waals surface area contributed by atoms with Crippen LogP contribution in [0.25, 0.3) is 0 Å². The molecule has 3 rings (SSSR count). The van der Waals surface area contributed by atoms with Crippen LogP contribution in [0.1, 0.15) is 22.5 Å². The SMILES string of the molecule is C=CC(=O)Nc1ccc(C(=O)N2CCC(Nc3ncc(Cl)c(C(F)(F)F)n3)C2)cc1. The first-order chi connectivity index (χ1) is 14.2. The fourth-order valence-electron chi connectivity index (χ4n) is 2.95. The minimum absolute atomic E-state index is 0.201. The number of benzene rings is 1. The molecule has 1 atom stereocenters. The summed E-state index contributed by atoms with van der Waals surface area (Å²) in [4.78, 5) is 32.8. The molecular formula is C19H17ClF3N5O2. The van der Waals surface area contributed by atoms with E-state index in [9.17, 15) is 22.8 Å². The highest BCUT2D eigenvalue weighted by Crippen LogP contribution is 2.33. The first-order valence-corrected chi connectivity index (χ1v) is 9.24. The van der Waals surface area contributed by atoms with Crippen LogP contribution >= 0.6 is 11.6 Å². The highest BCUT2D eigenvalue weighted by Gasteiger charge is 2.36. The molecule has 1 aliphatic rings. The third-order valence-electron chi connectivity index (χ3n) is 4.41. The highest BCUT2D eigenvalue weighted by atomic mass is 35.5. The summed E-state index contributed by atoms with van der Waals surface area (Å²) in [6.07, 6.45) is -2.14. The number of anilines is 2. The standard InChI is InChI=1S/C19H17ClF3N5O2/c1-2-15(29)25-12-5-3-11(4-6-12)17(30)28-8-7-13(10-28)26-18-24-9-14(20)16(27-18)19(21,22)23/h2-6,9,13H,1,7-8,10H2,(H,25,29)(H,24,26,27). The molecule has 0 saturated carbocycles. The molecule has 158 valence electrons. The minimum Gasteiger partial charge on any atom is -0.350 e. The number of hydrogen-bond donors (Lipinski definition) is 2. The van der Waals surface area contributed by atoms with Gasteiger partial charge >= 0.3 is 6.18 Å². The molecule has 2 aromatic rings. The Morgan fingerprint density at radius 3 is 2.60 bits per heavy atom. The maximum atomic E-state index is 12.9. The number of rotatable bonds is 5. The molecule has 7 nitrogen and oxygen atoms in total. The van der Waals surface area contributed by atoms with Gasteiger partial charge in [0.2, 0.25) is 11.9 Å². The molecule has 1 aliphatic heterocycles. The molecule has 0 radical (unpaired) electrons. The number of amides is 2. The van der Waals surface area contributed by atoms with Gasteiger partial charge < -0.3 is 15.5 Å². The molecular weight excluding hydrogens is 423 g/mol. The predicted octanol–water partition coefficient (Wildman–Crippen LogP) is 3.60. The van der Waals surface area contributed by atoms with Gasteiger partial charge in [0.15, 0.2) is 5.69 Å². The number of carbonyl (C=O) groups excluding carboxylic acids is 2. The van der Waals surface area contributed by atoms with Gasteiger partial charge in [-0.1, -0.05) is 18.2 Å². The van der Waals surface area contributed by atoms with E-state index in [2.05, 4.69) is 27.2 Å². The molecule has 11 heteroatoms. The molecule has 0 bridgehead atoms. The fraction of sp³-hybridized carbons (Fsp3) is 0.263. The van der Waals surface area contributed by atoms with Gasteiger partial charge in [-0.05, 0) is 36.8 Å². The van der Waals surface area contributed by atoms with Crippen molar-refractivity contribution in [1.29, 1.82) is 0 Å². The summed E-state index contributed by atoms with van der Waals surface area (Å²) < 4.78 is 38.8. The van der Waals surface area contributed by atoms with Gasteiger partial charge in [0.25, 0.3) is 5.91 Å². The van der Waals surface area contributed by atoms with Crippen molar-refractivity contribution in [3.8, 4) is 0 Å². The molecule has 1 saturated heterocycles. The Bertz CT molecular complexity index is 966. The molecule has 2 amide bonds. The van der Waals surface area contributed by atoms with E-state index in [-0.39, 0.29) is 30.3 Å². The highest BCUT2D eigenvalue weighted by molar-refractivity contribution is 6.31. The number of hydrogen-bond acceptors (Lipinski definition) is 5. The van der Waals surface area contributed by atoms with Gasteiger partial charge in [0, 0.05) is 30.4 Å². The summed E-state index contributed by atoms with van der Waals surface area (Å²) >= 11 is 5.52. The second kappa shape index (κ2) is 8.70. The Kier molecular flexibility index (Phi) is 6.25. The van der Waals surface area contributed by atoms with Crippen LogP contribution in [0.5, 0.6) is 0 Å². The Labute approximate surface area is 174 Å². The van der Waals surface area contributed by atoms with E-state index in [4.69, 9.17) is 11.6 Å². The van der Waals surface area contributed by atoms with Crippen LogP contribution in [-0.4, -0.2) is 45.8 Å². The number of nitrogens with zero attached hydrogens (tertiary/aromatic N) is 3. The minimum atomic E-state index is -4.69. The Hall–Kier alpha value is -3.14. The van der Waals surface area contributed by atoms with E-state index in [0.717, 1.165) is 12.3 Å². The summed E-state index contributed by atoms with van der Waals surface area (Å²) in [5.74, 6) is -0.789. The second-order valence-electron chi connectivity index (χ2n) is 6.54. The molecule has 1 unspecified atom stereocenters. The zero-order valence-electron chi connectivity index (χ0n) is 15.5. The molecule has 0 spiro atoms. The summed E-state index contributed by atoms with van der Waals surface area (Å²) in [5, 5.41) is 4.83. The first kappa shape index (κ1) is 21.6. The van der Waals surface area contributed by atoms with Crippen LogP contribution in [0, 0.1) is 0 Å². The lowest BCUT2D eigenvalue weighted by Crippen LogP contribution is -2.32. The average molecular weight is 440 g/mol. The summed E-state index contributed by atoms with van der Waals surface area (Å²) in [5.41, 5.74) is -0.261. The maximum absolute atomic E-state index is 12.9. The number of carbonyl (C=O) groups is 2. The zero-order chi connectivity index (χ0) is 21.9. The fourth-order valence-corrected chi connectivity index (χ4v) is 3.15. The van der Waals surface area contributed by atoms with E-state index in [1.54, 1.807) is 29.2 Å². The Balaban J connectivity index is 1.62. The topological polar surface area (TPSA) is 87.2 Å². The number of halogens is 4. The van der Waals surface area contributed by atoms with E-state index in [1.165, 1.54) is 0 Å². The van der Waals surface area contributed by atoms with Crippen molar-refractivity contribution in [1.82, 2.24) is 14.9 Å². The normalized spacial score (nSPS) is 16.3. The lowest BCUT2D eigenvalue weighted by molar-refractivity contribution is -0.141. The van der Waals surface area contributed by atoms with Crippen molar-refractivity contribution in [2.45, 2.75) is 18.6 Å². The van der Waals surface area contributed by atoms with E-state index >= 15 is 0 Å². The van der Waals surface area contributed by atoms with Gasteiger partial charge in [0.05, 0.1) is 11.2 Å². The summed E-state index contributed by atoms with van der Waals surface area (Å²) in [6.45, 7) is 4.06. The summed E-state index contributed by atoms with van der Waals surface area (Å²) in [7, 11) is 0. The van der Waals surface area contributed by atoms with Gasteiger partial charge in [0.1, 0.15) is 0 Å². The van der Waals surface area contributed by atoms with Crippen LogP contribution < -0.4 is 10.6 Å². The zero-order valence-corrected chi connectivity index (χ0v) is 16.3. The second-order valence-corrected chi connectivity index (χ2v) is 6.95. The molecule has 1 aromatic carbocycles.